The molecule has 0 N–H and O–H groups in total. The van der Waals surface area contributed by atoms with Gasteiger partial charge in [-0.2, -0.15) is 0 Å². The van der Waals surface area contributed by atoms with Gasteiger partial charge in [0, 0.05) is 37.0 Å². The van der Waals surface area contributed by atoms with E-state index in [1.807, 2.05) is 0 Å². The van der Waals surface area contributed by atoms with Gasteiger partial charge < -0.3 is 31.7 Å². The van der Waals surface area contributed by atoms with Crippen molar-refractivity contribution in [3.05, 3.63) is 70.8 Å². The maximum atomic E-state index is 5.50. The molecule has 0 radical (unpaired) electrons. The van der Waals surface area contributed by atoms with Crippen LogP contribution in [0.5, 0.6) is 0 Å². The highest BCUT2D eigenvalue weighted by molar-refractivity contribution is 5.86. The zero-order chi connectivity index (χ0) is 23.8. The Morgan fingerprint density at radius 1 is 0.639 bits per heavy atom. The van der Waals surface area contributed by atoms with E-state index >= 15 is 0 Å². The molecule has 0 spiro atoms. The molecule has 0 atom stereocenters. The van der Waals surface area contributed by atoms with Crippen molar-refractivity contribution in [3.63, 3.8) is 0 Å². The number of fused-ring (bicyclic) bond motifs is 2. The van der Waals surface area contributed by atoms with Crippen molar-refractivity contribution in [2.75, 3.05) is 62.4 Å². The van der Waals surface area contributed by atoms with E-state index in [0.29, 0.717) is 0 Å². The third kappa shape index (κ3) is 4.99. The van der Waals surface area contributed by atoms with Crippen molar-refractivity contribution in [1.29, 1.82) is 0 Å². The van der Waals surface area contributed by atoms with Crippen LogP contribution >= 0.6 is 0 Å². The Hall–Kier alpha value is -2.93. The van der Waals surface area contributed by atoms with Crippen molar-refractivity contribution >= 4 is 33.4 Å². The molecular weight excluding hydrogens is 472 g/mol. The average Bonchev–Trinajstić information content (AvgIpc) is 2.90. The number of pyridine rings is 2. The molecule has 2 fully saturated rings. The normalized spacial score (nSPS) is 16.4. The number of aromatic nitrogens is 2. The fraction of sp³-hybridized carbons (Fsp3) is 0.379. The van der Waals surface area contributed by atoms with Gasteiger partial charge in [-0.15, -0.1) is 0 Å². The number of hydrogen-bond acceptors (Lipinski definition) is 6. The Balaban J connectivity index is 0.00000267. The van der Waals surface area contributed by atoms with E-state index in [9.17, 15) is 0 Å². The number of halogens is 1. The van der Waals surface area contributed by atoms with Crippen LogP contribution < -0.4 is 22.2 Å². The third-order valence-electron chi connectivity index (χ3n) is 7.21. The molecule has 2 aliphatic rings. The number of morpholine rings is 2. The highest BCUT2D eigenvalue weighted by Crippen LogP contribution is 2.27. The summed E-state index contributed by atoms with van der Waals surface area (Å²) in [6.07, 6.45) is 0.890. The van der Waals surface area contributed by atoms with Crippen LogP contribution in [0.15, 0.2) is 48.5 Å². The fourth-order valence-corrected chi connectivity index (χ4v) is 5.21. The topological polar surface area (TPSA) is 50.7 Å². The minimum atomic E-state index is 0. The zero-order valence-corrected chi connectivity index (χ0v) is 21.7. The number of benzene rings is 2. The molecule has 4 aromatic rings. The third-order valence-corrected chi connectivity index (χ3v) is 7.21. The molecule has 0 amide bonds. The molecule has 36 heavy (non-hydrogen) atoms. The lowest BCUT2D eigenvalue weighted by Crippen LogP contribution is -3.00. The van der Waals surface area contributed by atoms with Gasteiger partial charge in [-0.3, -0.25) is 0 Å². The number of hydrogen-bond donors (Lipinski definition) is 0. The van der Waals surface area contributed by atoms with Crippen LogP contribution in [0.2, 0.25) is 0 Å². The predicted molar refractivity (Wildman–Crippen MR) is 142 cm³/mol. The Morgan fingerprint density at radius 2 is 1.06 bits per heavy atom. The first-order valence-corrected chi connectivity index (χ1v) is 12.6. The smallest absolute Gasteiger partial charge is 0.129 e. The number of anilines is 2. The molecule has 4 heterocycles. The van der Waals surface area contributed by atoms with Gasteiger partial charge in [0.25, 0.3) is 0 Å². The summed E-state index contributed by atoms with van der Waals surface area (Å²) in [5.41, 5.74) is 7.27. The molecule has 0 unspecified atom stereocenters. The molecule has 0 aliphatic carbocycles. The standard InChI is InChI=1S/C29H32N4O2.ClH/c1-20-15-28(32-7-11-34-12-8-32)30-26-5-3-22(18-24(20)26)17-23-4-6-27-25(19-23)21(2)16-29(31-27)33-9-13-35-14-10-33;/h3-6,15-16,18-19H,7-14,17H2,1-2H3;1H/p-1. The number of rotatable bonds is 4. The summed E-state index contributed by atoms with van der Waals surface area (Å²) < 4.78 is 11.0. The van der Waals surface area contributed by atoms with Gasteiger partial charge in [0.15, 0.2) is 0 Å². The van der Waals surface area contributed by atoms with Crippen molar-refractivity contribution in [3.8, 4) is 0 Å². The molecule has 2 aromatic heterocycles. The van der Waals surface area contributed by atoms with Crippen LogP contribution in [0.1, 0.15) is 22.3 Å². The Kier molecular flexibility index (Phi) is 7.28. The molecule has 188 valence electrons. The summed E-state index contributed by atoms with van der Waals surface area (Å²) in [5, 5.41) is 2.46. The van der Waals surface area contributed by atoms with E-state index in [4.69, 9.17) is 19.4 Å². The van der Waals surface area contributed by atoms with E-state index < -0.39 is 0 Å². The molecule has 6 nitrogen and oxygen atoms in total. The Labute approximate surface area is 218 Å². The molecule has 0 bridgehead atoms. The zero-order valence-electron chi connectivity index (χ0n) is 21.0. The summed E-state index contributed by atoms with van der Waals surface area (Å²) >= 11 is 0. The van der Waals surface area contributed by atoms with Crippen LogP contribution in [0, 0.1) is 13.8 Å². The summed E-state index contributed by atoms with van der Waals surface area (Å²) in [5.74, 6) is 2.11. The summed E-state index contributed by atoms with van der Waals surface area (Å²) in [6, 6.07) is 17.8. The van der Waals surface area contributed by atoms with Crippen LogP contribution in [0.3, 0.4) is 0 Å². The Bertz CT molecular complexity index is 1280. The van der Waals surface area contributed by atoms with Gasteiger partial charge in [0.2, 0.25) is 0 Å². The first-order valence-electron chi connectivity index (χ1n) is 12.6. The maximum absolute atomic E-state index is 5.50. The summed E-state index contributed by atoms with van der Waals surface area (Å²) in [6.45, 7) is 11.1. The van der Waals surface area contributed by atoms with Crippen LogP contribution in [0.25, 0.3) is 21.8 Å². The highest BCUT2D eigenvalue weighted by Gasteiger charge is 2.16. The van der Waals surface area contributed by atoms with Crippen molar-refractivity contribution in [2.24, 2.45) is 0 Å². The lowest BCUT2D eigenvalue weighted by Gasteiger charge is -2.28. The van der Waals surface area contributed by atoms with E-state index in [0.717, 1.165) is 81.7 Å². The lowest BCUT2D eigenvalue weighted by molar-refractivity contribution is -0.00000865. The minimum absolute atomic E-state index is 0. The number of ether oxygens (including phenoxy) is 2. The highest BCUT2D eigenvalue weighted by atomic mass is 35.5. The molecule has 2 aliphatic heterocycles. The van der Waals surface area contributed by atoms with Gasteiger partial charge in [-0.1, -0.05) is 12.1 Å². The second kappa shape index (κ2) is 10.6. The minimum Gasteiger partial charge on any atom is -1.00 e. The number of nitrogens with zero attached hydrogens (tertiary/aromatic N) is 4. The van der Waals surface area contributed by atoms with E-state index in [1.54, 1.807) is 0 Å². The van der Waals surface area contributed by atoms with E-state index in [-0.39, 0.29) is 12.4 Å². The molecular formula is C29H32ClN4O2-. The van der Waals surface area contributed by atoms with E-state index in [2.05, 4.69) is 72.2 Å². The first kappa shape index (κ1) is 24.8. The lowest BCUT2D eigenvalue weighted by atomic mass is 9.99. The second-order valence-electron chi connectivity index (χ2n) is 9.67. The average molecular weight is 504 g/mol. The fourth-order valence-electron chi connectivity index (χ4n) is 5.21. The van der Waals surface area contributed by atoms with Crippen molar-refractivity contribution in [2.45, 2.75) is 20.3 Å². The first-order chi connectivity index (χ1) is 17.1. The number of aryl methyl sites for hydroxylation is 2. The van der Waals surface area contributed by atoms with Crippen LogP contribution in [0.4, 0.5) is 11.6 Å². The van der Waals surface area contributed by atoms with Crippen molar-refractivity contribution < 1.29 is 21.9 Å². The van der Waals surface area contributed by atoms with Crippen molar-refractivity contribution in [1.82, 2.24) is 9.97 Å². The van der Waals surface area contributed by atoms with Gasteiger partial charge in [-0.05, 0) is 78.9 Å². The monoisotopic (exact) mass is 503 g/mol. The van der Waals surface area contributed by atoms with E-state index in [1.165, 1.54) is 33.0 Å². The molecule has 2 aromatic carbocycles. The summed E-state index contributed by atoms with van der Waals surface area (Å²) in [7, 11) is 0. The molecule has 0 saturated carbocycles. The largest absolute Gasteiger partial charge is 1.00 e. The quantitative estimate of drug-likeness (QED) is 0.422. The van der Waals surface area contributed by atoms with Gasteiger partial charge >= 0.3 is 0 Å². The molecule has 7 heteroatoms. The van der Waals surface area contributed by atoms with Crippen LogP contribution in [-0.2, 0) is 15.9 Å². The SMILES string of the molecule is Cc1cc(N2CCOCC2)nc2ccc(Cc3ccc4nc(N5CCOCC5)cc(C)c4c3)cc12.[Cl-]. The predicted octanol–water partition coefficient (Wildman–Crippen LogP) is 1.67. The Morgan fingerprint density at radius 3 is 1.47 bits per heavy atom. The summed E-state index contributed by atoms with van der Waals surface area (Å²) in [4.78, 5) is 14.6. The maximum Gasteiger partial charge on any atom is 0.129 e. The van der Waals surface area contributed by atoms with Gasteiger partial charge in [-0.25, -0.2) is 9.97 Å². The molecule has 6 rings (SSSR count). The van der Waals surface area contributed by atoms with Gasteiger partial charge in [0.1, 0.15) is 11.6 Å². The second-order valence-corrected chi connectivity index (χ2v) is 9.67. The molecule has 2 saturated heterocycles. The van der Waals surface area contributed by atoms with Crippen LogP contribution in [-0.4, -0.2) is 62.6 Å². The van der Waals surface area contributed by atoms with Gasteiger partial charge in [0.05, 0.1) is 37.5 Å².